The van der Waals surface area contributed by atoms with Crippen LogP contribution in [0.3, 0.4) is 0 Å². The van der Waals surface area contributed by atoms with Gasteiger partial charge in [-0.05, 0) is 23.8 Å². The topological polar surface area (TPSA) is 102 Å². The van der Waals surface area contributed by atoms with Crippen LogP contribution in [0.4, 0.5) is 0 Å². The van der Waals surface area contributed by atoms with Gasteiger partial charge in [0.05, 0.1) is 24.0 Å². The molecule has 2 rings (SSSR count). The van der Waals surface area contributed by atoms with Crippen LogP contribution < -0.4 is 10.0 Å². The molecule has 0 aromatic heterocycles. The molecular formula is C18H20N2O5S. The second kappa shape index (κ2) is 9.12. The molecule has 0 radical (unpaired) electrons. The largest absolute Gasteiger partial charge is 0.465 e. The molecule has 0 saturated heterocycles. The van der Waals surface area contributed by atoms with Gasteiger partial charge in [-0.15, -0.1) is 0 Å². The van der Waals surface area contributed by atoms with E-state index in [0.29, 0.717) is 0 Å². The first kappa shape index (κ1) is 19.6. The van der Waals surface area contributed by atoms with Crippen LogP contribution in [0.1, 0.15) is 15.9 Å². The van der Waals surface area contributed by atoms with Gasteiger partial charge < -0.3 is 10.1 Å². The molecule has 26 heavy (non-hydrogen) atoms. The summed E-state index contributed by atoms with van der Waals surface area (Å²) >= 11 is 0. The minimum Gasteiger partial charge on any atom is -0.465 e. The summed E-state index contributed by atoms with van der Waals surface area (Å²) in [7, 11) is -2.57. The van der Waals surface area contributed by atoms with Gasteiger partial charge in [-0.1, -0.05) is 36.4 Å². The number of nitrogens with one attached hydrogen (secondary N) is 2. The van der Waals surface area contributed by atoms with Crippen LogP contribution in [0.15, 0.2) is 59.5 Å². The average Bonchev–Trinajstić information content (AvgIpc) is 2.65. The fourth-order valence-corrected chi connectivity index (χ4v) is 3.30. The van der Waals surface area contributed by atoms with Crippen molar-refractivity contribution in [2.45, 2.75) is 11.3 Å². The number of benzene rings is 2. The second-order valence-electron chi connectivity index (χ2n) is 5.43. The van der Waals surface area contributed by atoms with Gasteiger partial charge in [-0.25, -0.2) is 17.9 Å². The number of sulfonamides is 1. The van der Waals surface area contributed by atoms with E-state index in [9.17, 15) is 18.0 Å². The Bertz CT molecular complexity index is 866. The summed E-state index contributed by atoms with van der Waals surface area (Å²) in [4.78, 5) is 23.3. The van der Waals surface area contributed by atoms with Crippen molar-refractivity contribution in [3.63, 3.8) is 0 Å². The van der Waals surface area contributed by atoms with E-state index in [1.165, 1.54) is 31.4 Å². The maximum Gasteiger partial charge on any atom is 0.337 e. The summed E-state index contributed by atoms with van der Waals surface area (Å²) in [5, 5.41) is 2.65. The molecule has 0 aliphatic heterocycles. The van der Waals surface area contributed by atoms with E-state index in [1.54, 1.807) is 0 Å². The lowest BCUT2D eigenvalue weighted by atomic mass is 10.1. The Labute approximate surface area is 152 Å². The van der Waals surface area contributed by atoms with Gasteiger partial charge in [0.1, 0.15) is 0 Å². The van der Waals surface area contributed by atoms with Crippen LogP contribution in [0.25, 0.3) is 0 Å². The molecule has 2 N–H and O–H groups in total. The smallest absolute Gasteiger partial charge is 0.337 e. The second-order valence-corrected chi connectivity index (χ2v) is 7.20. The van der Waals surface area contributed by atoms with Gasteiger partial charge in [0.25, 0.3) is 0 Å². The Morgan fingerprint density at radius 2 is 1.73 bits per heavy atom. The average molecular weight is 376 g/mol. The first-order valence-electron chi connectivity index (χ1n) is 7.91. The van der Waals surface area contributed by atoms with Crippen LogP contribution >= 0.6 is 0 Å². The molecular weight excluding hydrogens is 356 g/mol. The van der Waals surface area contributed by atoms with Crippen LogP contribution in [0.5, 0.6) is 0 Å². The van der Waals surface area contributed by atoms with Crippen molar-refractivity contribution >= 4 is 21.9 Å². The van der Waals surface area contributed by atoms with E-state index >= 15 is 0 Å². The Kier molecular flexibility index (Phi) is 6.88. The van der Waals surface area contributed by atoms with E-state index < -0.39 is 16.0 Å². The van der Waals surface area contributed by atoms with Crippen molar-refractivity contribution < 1.29 is 22.7 Å². The molecule has 1 amide bonds. The molecule has 2 aromatic carbocycles. The molecule has 2 aromatic rings. The first-order valence-corrected chi connectivity index (χ1v) is 9.39. The summed E-state index contributed by atoms with van der Waals surface area (Å²) in [6, 6.07) is 14.8. The number of hydrogen-bond donors (Lipinski definition) is 2. The quantitative estimate of drug-likeness (QED) is 0.531. The highest BCUT2D eigenvalue weighted by molar-refractivity contribution is 7.89. The molecule has 0 aliphatic rings. The van der Waals surface area contributed by atoms with E-state index in [4.69, 9.17) is 0 Å². The zero-order valence-corrected chi connectivity index (χ0v) is 15.1. The summed E-state index contributed by atoms with van der Waals surface area (Å²) < 4.78 is 31.5. The number of carbonyl (C=O) groups is 2. The predicted octanol–water partition coefficient (Wildman–Crippen LogP) is 1.11. The molecule has 0 bridgehead atoms. The van der Waals surface area contributed by atoms with Crippen LogP contribution in [0, 0.1) is 0 Å². The number of methoxy groups -OCH3 is 1. The van der Waals surface area contributed by atoms with E-state index in [-0.39, 0.29) is 35.9 Å². The van der Waals surface area contributed by atoms with Gasteiger partial charge in [-0.2, -0.15) is 0 Å². The lowest BCUT2D eigenvalue weighted by Gasteiger charge is -2.09. The van der Waals surface area contributed by atoms with Gasteiger partial charge in [0.15, 0.2) is 0 Å². The SMILES string of the molecule is COC(=O)c1cccc(S(=O)(=O)NCCNC(=O)Cc2ccccc2)c1. The van der Waals surface area contributed by atoms with Crippen molar-refractivity contribution in [2.24, 2.45) is 0 Å². The number of carbonyl (C=O) groups excluding carboxylic acids is 2. The Balaban J connectivity index is 1.85. The number of amides is 1. The third kappa shape index (κ3) is 5.68. The van der Waals surface area contributed by atoms with Gasteiger partial charge in [0.2, 0.25) is 15.9 Å². The highest BCUT2D eigenvalue weighted by atomic mass is 32.2. The fourth-order valence-electron chi connectivity index (χ4n) is 2.22. The summed E-state index contributed by atoms with van der Waals surface area (Å²) in [5.41, 5.74) is 1.02. The molecule has 0 atom stereocenters. The monoisotopic (exact) mass is 376 g/mol. The third-order valence-corrected chi connectivity index (χ3v) is 4.97. The summed E-state index contributed by atoms with van der Waals surface area (Å²) in [5.74, 6) is -0.807. The lowest BCUT2D eigenvalue weighted by molar-refractivity contribution is -0.120. The third-order valence-electron chi connectivity index (χ3n) is 3.51. The molecule has 0 fully saturated rings. The molecule has 138 valence electrons. The Morgan fingerprint density at radius 1 is 1.00 bits per heavy atom. The minimum atomic E-state index is -3.79. The van der Waals surface area contributed by atoms with Crippen LogP contribution in [-0.2, 0) is 26.0 Å². The standard InChI is InChI=1S/C18H20N2O5S/c1-25-18(22)15-8-5-9-16(13-15)26(23,24)20-11-10-19-17(21)12-14-6-3-2-4-7-14/h2-9,13,20H,10-12H2,1H3,(H,19,21). The van der Waals surface area contributed by atoms with E-state index in [2.05, 4.69) is 14.8 Å². The number of hydrogen-bond acceptors (Lipinski definition) is 5. The van der Waals surface area contributed by atoms with Gasteiger partial charge in [0, 0.05) is 13.1 Å². The minimum absolute atomic E-state index is 0.0331. The number of ether oxygens (including phenoxy) is 1. The van der Waals surface area contributed by atoms with Crippen molar-refractivity contribution in [2.75, 3.05) is 20.2 Å². The molecule has 8 heteroatoms. The number of rotatable bonds is 8. The fraction of sp³-hybridized carbons (Fsp3) is 0.222. The molecule has 0 spiro atoms. The van der Waals surface area contributed by atoms with E-state index in [0.717, 1.165) is 5.56 Å². The first-order chi connectivity index (χ1) is 12.4. The summed E-state index contributed by atoms with van der Waals surface area (Å²) in [6.07, 6.45) is 0.231. The molecule has 0 heterocycles. The van der Waals surface area contributed by atoms with Gasteiger partial charge in [-0.3, -0.25) is 4.79 Å². The zero-order chi connectivity index (χ0) is 19.0. The Hall–Kier alpha value is -2.71. The number of esters is 1. The van der Waals surface area contributed by atoms with Crippen LogP contribution in [0.2, 0.25) is 0 Å². The van der Waals surface area contributed by atoms with Crippen molar-refractivity contribution in [1.29, 1.82) is 0 Å². The Morgan fingerprint density at radius 3 is 2.42 bits per heavy atom. The van der Waals surface area contributed by atoms with E-state index in [1.807, 2.05) is 30.3 Å². The van der Waals surface area contributed by atoms with Crippen molar-refractivity contribution in [3.8, 4) is 0 Å². The maximum absolute atomic E-state index is 12.3. The highest BCUT2D eigenvalue weighted by Gasteiger charge is 2.16. The van der Waals surface area contributed by atoms with Gasteiger partial charge >= 0.3 is 5.97 Å². The highest BCUT2D eigenvalue weighted by Crippen LogP contribution is 2.12. The molecule has 0 saturated carbocycles. The summed E-state index contributed by atoms with van der Waals surface area (Å²) in [6.45, 7) is 0.187. The normalized spacial score (nSPS) is 11.0. The molecule has 7 nitrogen and oxygen atoms in total. The molecule has 0 unspecified atom stereocenters. The lowest BCUT2D eigenvalue weighted by Crippen LogP contribution is -2.35. The van der Waals surface area contributed by atoms with Crippen LogP contribution in [-0.4, -0.2) is 40.5 Å². The van der Waals surface area contributed by atoms with Crippen molar-refractivity contribution in [3.05, 3.63) is 65.7 Å². The maximum atomic E-state index is 12.3. The molecule has 0 aliphatic carbocycles. The zero-order valence-electron chi connectivity index (χ0n) is 14.3. The predicted molar refractivity (Wildman–Crippen MR) is 96.1 cm³/mol. The van der Waals surface area contributed by atoms with Crippen molar-refractivity contribution in [1.82, 2.24) is 10.0 Å².